The van der Waals surface area contributed by atoms with E-state index in [1.807, 2.05) is 11.8 Å². The normalized spacial score (nSPS) is 18.0. The van der Waals surface area contributed by atoms with E-state index in [1.54, 1.807) is 6.34 Å². The Morgan fingerprint density at radius 1 is 1.13 bits per heavy atom. The van der Waals surface area contributed by atoms with Crippen molar-refractivity contribution in [2.75, 3.05) is 57.3 Å². The van der Waals surface area contributed by atoms with Crippen LogP contribution >= 0.6 is 0 Å². The van der Waals surface area contributed by atoms with Crippen LogP contribution in [0.1, 0.15) is 28.1 Å². The number of rotatable bonds is 6. The first-order valence-electron chi connectivity index (χ1n) is 11.0. The second kappa shape index (κ2) is 8.55. The number of nitrogens with zero attached hydrogens (tertiary/aromatic N) is 5. The van der Waals surface area contributed by atoms with Gasteiger partial charge in [0.2, 0.25) is 5.88 Å². The minimum Gasteiger partial charge on any atom is -0.442 e. The zero-order chi connectivity index (χ0) is 21.2. The third-order valence-electron chi connectivity index (χ3n) is 6.14. The molecule has 2 aromatic rings. The predicted octanol–water partition coefficient (Wildman–Crippen LogP) is 2.27. The summed E-state index contributed by atoms with van der Waals surface area (Å²) in [6.07, 6.45) is 2.65. The highest BCUT2D eigenvalue weighted by Gasteiger charge is 2.33. The average Bonchev–Trinajstić information content (AvgIpc) is 3.41. The van der Waals surface area contributed by atoms with Gasteiger partial charge in [-0.3, -0.25) is 14.7 Å². The number of aliphatic imine (C=N–C) groups is 2. The number of furan rings is 1. The molecule has 4 heterocycles. The number of para-hydroxylation sites is 1. The van der Waals surface area contributed by atoms with E-state index in [9.17, 15) is 4.79 Å². The van der Waals surface area contributed by atoms with Gasteiger partial charge in [0.25, 0.3) is 5.91 Å². The number of benzene rings is 1. The number of carbonyl (C=O) groups is 1. The number of amidine groups is 1. The molecule has 162 valence electrons. The molecule has 8 nitrogen and oxygen atoms in total. The van der Waals surface area contributed by atoms with Gasteiger partial charge in [-0.25, -0.2) is 4.99 Å². The highest BCUT2D eigenvalue weighted by Crippen LogP contribution is 2.34. The van der Waals surface area contributed by atoms with Crippen LogP contribution in [0.25, 0.3) is 0 Å². The molecule has 0 unspecified atom stereocenters. The number of amides is 1. The molecule has 0 saturated carbocycles. The Kier molecular flexibility index (Phi) is 5.46. The Bertz CT molecular complexity index is 1000. The van der Waals surface area contributed by atoms with Crippen molar-refractivity contribution in [3.05, 3.63) is 47.2 Å². The van der Waals surface area contributed by atoms with Crippen molar-refractivity contribution >= 4 is 29.7 Å². The smallest absolute Gasteiger partial charge is 0.255 e. The van der Waals surface area contributed by atoms with Crippen LogP contribution in [-0.2, 0) is 0 Å². The summed E-state index contributed by atoms with van der Waals surface area (Å²) in [5.41, 5.74) is 2.59. The molecule has 0 spiro atoms. The molecule has 0 aliphatic carbocycles. The minimum absolute atomic E-state index is 0.108. The monoisotopic (exact) mass is 420 g/mol. The van der Waals surface area contributed by atoms with Crippen molar-refractivity contribution in [1.29, 1.82) is 0 Å². The van der Waals surface area contributed by atoms with Crippen molar-refractivity contribution in [2.24, 2.45) is 9.98 Å². The molecule has 0 radical (unpaired) electrons. The lowest BCUT2D eigenvalue weighted by atomic mass is 10.1. The first-order chi connectivity index (χ1) is 15.2. The number of carbonyl (C=O) groups excluding carboxylic acids is 1. The van der Waals surface area contributed by atoms with Gasteiger partial charge in [0.15, 0.2) is 0 Å². The van der Waals surface area contributed by atoms with E-state index < -0.39 is 0 Å². The van der Waals surface area contributed by atoms with Crippen LogP contribution in [-0.4, -0.2) is 80.2 Å². The first kappa shape index (κ1) is 19.8. The van der Waals surface area contributed by atoms with E-state index in [2.05, 4.69) is 55.4 Å². The maximum atomic E-state index is 12.9. The van der Waals surface area contributed by atoms with Gasteiger partial charge in [0.1, 0.15) is 17.9 Å². The summed E-state index contributed by atoms with van der Waals surface area (Å²) in [4.78, 5) is 28.7. The fourth-order valence-corrected chi connectivity index (χ4v) is 4.48. The van der Waals surface area contributed by atoms with Crippen LogP contribution in [0.15, 0.2) is 44.7 Å². The number of anilines is 1. The van der Waals surface area contributed by atoms with E-state index in [0.29, 0.717) is 30.3 Å². The fourth-order valence-electron chi connectivity index (χ4n) is 4.48. The Hall–Kier alpha value is -3.13. The molecule has 31 heavy (non-hydrogen) atoms. The van der Waals surface area contributed by atoms with Gasteiger partial charge in [0, 0.05) is 45.0 Å². The molecular formula is C23H28N6O2. The second-order valence-electron chi connectivity index (χ2n) is 8.13. The number of nitrogens with one attached hydrogen (secondary N) is 1. The molecule has 1 N–H and O–H groups in total. The molecule has 3 aliphatic heterocycles. The molecule has 8 heteroatoms. The Morgan fingerprint density at radius 3 is 2.74 bits per heavy atom. The van der Waals surface area contributed by atoms with Crippen molar-refractivity contribution in [3.8, 4) is 0 Å². The molecule has 1 aromatic carbocycles. The third-order valence-corrected chi connectivity index (χ3v) is 6.14. The maximum Gasteiger partial charge on any atom is 0.255 e. The summed E-state index contributed by atoms with van der Waals surface area (Å²) in [5, 5.41) is 3.07. The molecular weight excluding hydrogens is 392 g/mol. The molecule has 0 atom stereocenters. The van der Waals surface area contributed by atoms with Gasteiger partial charge < -0.3 is 19.5 Å². The Labute approximate surface area is 182 Å². The summed E-state index contributed by atoms with van der Waals surface area (Å²) in [6, 6.07) is 10.6. The van der Waals surface area contributed by atoms with Gasteiger partial charge in [0.05, 0.1) is 17.7 Å². The zero-order valence-electron chi connectivity index (χ0n) is 17.9. The van der Waals surface area contributed by atoms with Crippen LogP contribution in [0.3, 0.4) is 0 Å². The van der Waals surface area contributed by atoms with E-state index in [-0.39, 0.29) is 5.91 Å². The van der Waals surface area contributed by atoms with Crippen molar-refractivity contribution in [2.45, 2.75) is 13.3 Å². The summed E-state index contributed by atoms with van der Waals surface area (Å²) in [5.74, 6) is 1.76. The van der Waals surface area contributed by atoms with Crippen LogP contribution < -0.4 is 10.2 Å². The lowest BCUT2D eigenvalue weighted by Gasteiger charge is -2.36. The highest BCUT2D eigenvalue weighted by atomic mass is 16.4. The summed E-state index contributed by atoms with van der Waals surface area (Å²) >= 11 is 0. The summed E-state index contributed by atoms with van der Waals surface area (Å²) in [6.45, 7) is 9.10. The molecule has 3 aliphatic rings. The van der Waals surface area contributed by atoms with Crippen LogP contribution in [0, 0.1) is 6.92 Å². The standard InChI is InChI=1S/C23H28N6O2/c1-17-19(20-21-24-9-11-29(21)16-26-23(20)31-17)22(30)25-8-5-10-27-12-14-28(15-13-27)18-6-3-2-4-7-18/h2-4,6-7,16H,5,8-15H2,1H3,(H,25,30). The summed E-state index contributed by atoms with van der Waals surface area (Å²) < 4.78 is 5.74. The minimum atomic E-state index is -0.108. The predicted molar refractivity (Wildman–Crippen MR) is 122 cm³/mol. The number of piperazine rings is 1. The number of hydrogen-bond acceptors (Lipinski definition) is 7. The van der Waals surface area contributed by atoms with E-state index >= 15 is 0 Å². The third kappa shape index (κ3) is 3.95. The maximum absolute atomic E-state index is 12.9. The Balaban J connectivity index is 1.11. The Morgan fingerprint density at radius 2 is 1.94 bits per heavy atom. The topological polar surface area (TPSA) is 76.7 Å². The molecule has 0 bridgehead atoms. The molecule has 5 rings (SSSR count). The molecule has 1 fully saturated rings. The van der Waals surface area contributed by atoms with E-state index in [4.69, 9.17) is 4.42 Å². The van der Waals surface area contributed by atoms with Crippen molar-refractivity contribution in [3.63, 3.8) is 0 Å². The average molecular weight is 421 g/mol. The molecule has 1 saturated heterocycles. The zero-order valence-corrected chi connectivity index (χ0v) is 17.9. The highest BCUT2D eigenvalue weighted by molar-refractivity contribution is 6.17. The molecule has 1 amide bonds. The lowest BCUT2D eigenvalue weighted by molar-refractivity contribution is 0.0949. The summed E-state index contributed by atoms with van der Waals surface area (Å²) in [7, 11) is 0. The number of hydrogen-bond donors (Lipinski definition) is 1. The van der Waals surface area contributed by atoms with Gasteiger partial charge >= 0.3 is 0 Å². The number of aryl methyl sites for hydroxylation is 1. The van der Waals surface area contributed by atoms with Crippen molar-refractivity contribution < 1.29 is 9.21 Å². The quantitative estimate of drug-likeness (QED) is 0.726. The van der Waals surface area contributed by atoms with Gasteiger partial charge in [-0.15, -0.1) is 0 Å². The first-order valence-corrected chi connectivity index (χ1v) is 11.0. The van der Waals surface area contributed by atoms with Crippen LogP contribution in [0.4, 0.5) is 11.6 Å². The second-order valence-corrected chi connectivity index (χ2v) is 8.13. The van der Waals surface area contributed by atoms with Gasteiger partial charge in [-0.1, -0.05) is 18.2 Å². The number of fused-ring (bicyclic) bond motifs is 3. The van der Waals surface area contributed by atoms with Gasteiger partial charge in [-0.2, -0.15) is 0 Å². The molecule has 1 aromatic heterocycles. The lowest BCUT2D eigenvalue weighted by Crippen LogP contribution is -2.47. The largest absolute Gasteiger partial charge is 0.442 e. The van der Waals surface area contributed by atoms with Crippen molar-refractivity contribution in [1.82, 2.24) is 15.1 Å². The van der Waals surface area contributed by atoms with E-state index in [1.165, 1.54) is 5.69 Å². The van der Waals surface area contributed by atoms with Crippen LogP contribution in [0.2, 0.25) is 0 Å². The van der Waals surface area contributed by atoms with E-state index in [0.717, 1.165) is 57.1 Å². The SMILES string of the molecule is Cc1oc2c(c1C(=O)NCCCN1CCN(c3ccccc3)CC1)C1=NCCN1C=N2. The fraction of sp³-hybridized carbons (Fsp3) is 0.435. The van der Waals surface area contributed by atoms with Crippen LogP contribution in [0.5, 0.6) is 0 Å². The van der Waals surface area contributed by atoms with Gasteiger partial charge in [-0.05, 0) is 32.0 Å².